The highest BCUT2D eigenvalue weighted by Crippen LogP contribution is 2.29. The van der Waals surface area contributed by atoms with E-state index >= 15 is 0 Å². The number of hydrogen-bond donors (Lipinski definition) is 0. The van der Waals surface area contributed by atoms with Gasteiger partial charge in [0.05, 0.1) is 18.2 Å². The summed E-state index contributed by atoms with van der Waals surface area (Å²) in [6.45, 7) is 6.43. The highest BCUT2D eigenvalue weighted by molar-refractivity contribution is 5.76. The van der Waals surface area contributed by atoms with Gasteiger partial charge in [0.25, 0.3) is 0 Å². The maximum atomic E-state index is 12.9. The summed E-state index contributed by atoms with van der Waals surface area (Å²) in [7, 11) is 0. The molecule has 2 aromatic rings. The molecule has 1 amide bonds. The number of carbonyl (C=O) groups is 1. The van der Waals surface area contributed by atoms with Crippen molar-refractivity contribution in [1.82, 2.24) is 14.7 Å². The molecule has 0 radical (unpaired) electrons. The number of ether oxygens (including phenoxy) is 1. The van der Waals surface area contributed by atoms with Crippen molar-refractivity contribution in [3.05, 3.63) is 52.3 Å². The van der Waals surface area contributed by atoms with E-state index in [-0.39, 0.29) is 30.0 Å². The summed E-state index contributed by atoms with van der Waals surface area (Å²) in [4.78, 5) is 26.4. The lowest BCUT2D eigenvalue weighted by atomic mass is 10.0. The molecule has 1 fully saturated rings. The fraction of sp³-hybridized carbons (Fsp3) is 0.500. The molecule has 0 aliphatic carbocycles. The van der Waals surface area contributed by atoms with Crippen LogP contribution < -0.4 is 5.76 Å². The summed E-state index contributed by atoms with van der Waals surface area (Å²) in [5.74, 6) is -0.545. The zero-order valence-electron chi connectivity index (χ0n) is 14.8. The minimum Gasteiger partial charge on any atom is -0.393 e. The normalized spacial score (nSPS) is 19.1. The Balaban J connectivity index is 1.81. The molecule has 1 unspecified atom stereocenters. The van der Waals surface area contributed by atoms with Gasteiger partial charge in [0.1, 0.15) is 6.54 Å². The Kier molecular flexibility index (Phi) is 4.76. The van der Waals surface area contributed by atoms with E-state index in [0.717, 1.165) is 16.7 Å². The van der Waals surface area contributed by atoms with Crippen LogP contribution in [0.15, 0.2) is 39.5 Å². The first-order valence-electron chi connectivity index (χ1n) is 8.36. The molecule has 0 bridgehead atoms. The lowest BCUT2D eigenvalue weighted by Crippen LogP contribution is -2.43. The standard InChI is InChI=1S/C18H23N3O4/c1-13-19-21(17(23)25-13)11-16(22)20(10-14-7-5-4-6-8-14)15-9-18(2,3)24-12-15/h4-8,15H,9-12H2,1-3H3. The van der Waals surface area contributed by atoms with E-state index < -0.39 is 5.76 Å². The van der Waals surface area contributed by atoms with Crippen LogP contribution in [0.3, 0.4) is 0 Å². The van der Waals surface area contributed by atoms with Crippen molar-refractivity contribution in [2.24, 2.45) is 0 Å². The molecule has 1 aliphatic heterocycles. The first-order valence-corrected chi connectivity index (χ1v) is 8.36. The van der Waals surface area contributed by atoms with Gasteiger partial charge >= 0.3 is 5.76 Å². The SMILES string of the molecule is Cc1nn(CC(=O)N(Cc2ccccc2)C2COC(C)(C)C2)c(=O)o1. The monoisotopic (exact) mass is 345 g/mol. The highest BCUT2D eigenvalue weighted by Gasteiger charge is 2.37. The summed E-state index contributed by atoms with van der Waals surface area (Å²) in [5.41, 5.74) is 0.769. The Hall–Kier alpha value is -2.41. The molecule has 3 rings (SSSR count). The van der Waals surface area contributed by atoms with Crippen LogP contribution in [0, 0.1) is 6.92 Å². The molecule has 1 saturated heterocycles. The first kappa shape index (κ1) is 17.4. The Labute approximate surface area is 146 Å². The third-order valence-electron chi connectivity index (χ3n) is 4.34. The smallest absolute Gasteiger partial charge is 0.393 e. The molecule has 0 spiro atoms. The van der Waals surface area contributed by atoms with Gasteiger partial charge < -0.3 is 14.1 Å². The average molecular weight is 345 g/mol. The van der Waals surface area contributed by atoms with Gasteiger partial charge in [-0.05, 0) is 25.8 Å². The molecule has 1 aromatic carbocycles. The van der Waals surface area contributed by atoms with E-state index in [4.69, 9.17) is 9.15 Å². The summed E-state index contributed by atoms with van der Waals surface area (Å²) < 4.78 is 11.7. The number of carbonyl (C=O) groups excluding carboxylic acids is 1. The lowest BCUT2D eigenvalue weighted by molar-refractivity contribution is -0.135. The third-order valence-corrected chi connectivity index (χ3v) is 4.34. The minimum absolute atomic E-state index is 0.0357. The van der Waals surface area contributed by atoms with Crippen LogP contribution in [0.5, 0.6) is 0 Å². The Morgan fingerprint density at radius 3 is 2.64 bits per heavy atom. The van der Waals surface area contributed by atoms with Crippen LogP contribution in [-0.4, -0.2) is 38.8 Å². The van der Waals surface area contributed by atoms with Crippen LogP contribution >= 0.6 is 0 Å². The van der Waals surface area contributed by atoms with E-state index in [2.05, 4.69) is 5.10 Å². The Bertz CT molecular complexity index is 794. The maximum absolute atomic E-state index is 12.9. The second-order valence-corrected chi connectivity index (χ2v) is 6.98. The molecule has 1 aliphatic rings. The Morgan fingerprint density at radius 2 is 2.08 bits per heavy atom. The second kappa shape index (κ2) is 6.84. The summed E-state index contributed by atoms with van der Waals surface area (Å²) >= 11 is 0. The van der Waals surface area contributed by atoms with Gasteiger partial charge in [0.15, 0.2) is 0 Å². The molecule has 1 aromatic heterocycles. The topological polar surface area (TPSA) is 77.6 Å². The van der Waals surface area contributed by atoms with Gasteiger partial charge in [0, 0.05) is 13.5 Å². The fourth-order valence-electron chi connectivity index (χ4n) is 3.14. The second-order valence-electron chi connectivity index (χ2n) is 6.98. The minimum atomic E-state index is -0.617. The Morgan fingerprint density at radius 1 is 1.36 bits per heavy atom. The van der Waals surface area contributed by atoms with Crippen molar-refractivity contribution >= 4 is 5.91 Å². The van der Waals surface area contributed by atoms with Gasteiger partial charge in [-0.2, -0.15) is 4.68 Å². The molecular weight excluding hydrogens is 322 g/mol. The van der Waals surface area contributed by atoms with Crippen molar-refractivity contribution in [2.75, 3.05) is 6.61 Å². The fourth-order valence-corrected chi connectivity index (χ4v) is 3.14. The lowest BCUT2D eigenvalue weighted by Gasteiger charge is -2.29. The summed E-state index contributed by atoms with van der Waals surface area (Å²) in [6, 6.07) is 9.75. The number of amides is 1. The molecule has 134 valence electrons. The van der Waals surface area contributed by atoms with Crippen molar-refractivity contribution in [2.45, 2.75) is 51.9 Å². The van der Waals surface area contributed by atoms with Crippen LogP contribution in [0.1, 0.15) is 31.7 Å². The number of benzene rings is 1. The van der Waals surface area contributed by atoms with Crippen LogP contribution in [0.2, 0.25) is 0 Å². The van der Waals surface area contributed by atoms with Crippen molar-refractivity contribution in [3.8, 4) is 0 Å². The van der Waals surface area contributed by atoms with Crippen LogP contribution in [0.25, 0.3) is 0 Å². The summed E-state index contributed by atoms with van der Waals surface area (Å²) in [6.07, 6.45) is 0.748. The molecule has 2 heterocycles. The van der Waals surface area contributed by atoms with Crippen molar-refractivity contribution < 1.29 is 13.9 Å². The van der Waals surface area contributed by atoms with Gasteiger partial charge in [-0.15, -0.1) is 5.10 Å². The highest BCUT2D eigenvalue weighted by atomic mass is 16.5. The average Bonchev–Trinajstić information content (AvgIpc) is 3.07. The molecule has 7 nitrogen and oxygen atoms in total. The van der Waals surface area contributed by atoms with Gasteiger partial charge in [-0.25, -0.2) is 4.79 Å². The quantitative estimate of drug-likeness (QED) is 0.825. The number of aryl methyl sites for hydroxylation is 1. The van der Waals surface area contributed by atoms with Crippen molar-refractivity contribution in [1.29, 1.82) is 0 Å². The predicted octanol–water partition coefficient (Wildman–Crippen LogP) is 1.74. The van der Waals surface area contributed by atoms with E-state index in [0.29, 0.717) is 13.2 Å². The van der Waals surface area contributed by atoms with Gasteiger partial charge in [0.2, 0.25) is 11.8 Å². The van der Waals surface area contributed by atoms with Gasteiger partial charge in [-0.3, -0.25) is 4.79 Å². The molecule has 25 heavy (non-hydrogen) atoms. The number of hydrogen-bond acceptors (Lipinski definition) is 5. The van der Waals surface area contributed by atoms with E-state index in [1.807, 2.05) is 44.2 Å². The zero-order valence-corrected chi connectivity index (χ0v) is 14.8. The van der Waals surface area contributed by atoms with E-state index in [9.17, 15) is 9.59 Å². The molecular formula is C18H23N3O4. The number of nitrogens with zero attached hydrogens (tertiary/aromatic N) is 3. The van der Waals surface area contributed by atoms with Crippen LogP contribution in [0.4, 0.5) is 0 Å². The predicted molar refractivity (Wildman–Crippen MR) is 90.9 cm³/mol. The van der Waals surface area contributed by atoms with Gasteiger partial charge in [-0.1, -0.05) is 30.3 Å². The van der Waals surface area contributed by atoms with E-state index in [1.165, 1.54) is 0 Å². The molecule has 0 N–H and O–H groups in total. The molecule has 7 heteroatoms. The molecule has 1 atom stereocenters. The van der Waals surface area contributed by atoms with Crippen LogP contribution in [-0.2, 0) is 22.6 Å². The van der Waals surface area contributed by atoms with Crippen molar-refractivity contribution in [3.63, 3.8) is 0 Å². The summed E-state index contributed by atoms with van der Waals surface area (Å²) in [5, 5.41) is 3.95. The zero-order chi connectivity index (χ0) is 18.0. The largest absolute Gasteiger partial charge is 0.437 e. The van der Waals surface area contributed by atoms with E-state index in [1.54, 1.807) is 11.8 Å². The number of rotatable bonds is 5. The third kappa shape index (κ3) is 4.17. The first-order chi connectivity index (χ1) is 11.8. The molecule has 0 saturated carbocycles. The maximum Gasteiger partial charge on any atom is 0.437 e. The number of aromatic nitrogens is 2.